The van der Waals surface area contributed by atoms with Crippen molar-refractivity contribution in [1.29, 1.82) is 0 Å². The first-order chi connectivity index (χ1) is 39.5. The van der Waals surface area contributed by atoms with Gasteiger partial charge in [-0.25, -0.2) is 0 Å². The normalized spacial score (nSPS) is 12.9. The van der Waals surface area contributed by atoms with E-state index in [0.717, 1.165) is 148 Å². The first-order valence-electron chi connectivity index (χ1n) is 33.5. The van der Waals surface area contributed by atoms with Crippen LogP contribution in [0.1, 0.15) is 310 Å². The highest BCUT2D eigenvalue weighted by molar-refractivity contribution is 5.71. The molecule has 0 rings (SSSR count). The van der Waals surface area contributed by atoms with Crippen LogP contribution in [0.2, 0.25) is 0 Å². The predicted molar refractivity (Wildman–Crippen MR) is 348 cm³/mol. The van der Waals surface area contributed by atoms with Crippen LogP contribution in [0.5, 0.6) is 0 Å². The molecule has 0 radical (unpaired) electrons. The number of carbonyl (C=O) groups is 3. The summed E-state index contributed by atoms with van der Waals surface area (Å²) < 4.78 is 16.9. The number of rotatable bonds is 60. The molecule has 0 saturated carbocycles. The summed E-state index contributed by atoms with van der Waals surface area (Å²) in [7, 11) is 0. The SMILES string of the molecule is CC/C=C\C/C=C\C/C=C\C/C=C\CCCCCCCCCCCCCCCCCCC(=O)OCC(COC(=O)CCCCCCC/C=C\C/C=C\CCCC)OC(=O)CCCCCCCC/C=C\C/C=C\C/C=C\C/C=C\CC. The van der Waals surface area contributed by atoms with E-state index in [1.165, 1.54) is 122 Å². The quantitative estimate of drug-likeness (QED) is 0.0261. The Labute approximate surface area is 494 Å². The van der Waals surface area contributed by atoms with Crippen molar-refractivity contribution in [3.05, 3.63) is 122 Å². The van der Waals surface area contributed by atoms with Crippen molar-refractivity contribution in [1.82, 2.24) is 0 Å². The Kier molecular flexibility index (Phi) is 63.8. The number of allylic oxidation sites excluding steroid dienone is 20. The summed E-state index contributed by atoms with van der Waals surface area (Å²) in [4.78, 5) is 38.4. The fourth-order valence-electron chi connectivity index (χ4n) is 9.21. The van der Waals surface area contributed by atoms with Crippen molar-refractivity contribution in [2.75, 3.05) is 13.2 Å². The number of unbranched alkanes of at least 4 members (excludes halogenated alkanes) is 29. The van der Waals surface area contributed by atoms with Gasteiger partial charge < -0.3 is 14.2 Å². The Balaban J connectivity index is 4.29. The number of hydrogen-bond acceptors (Lipinski definition) is 6. The molecule has 0 aliphatic heterocycles. The lowest BCUT2D eigenvalue weighted by molar-refractivity contribution is -0.167. The van der Waals surface area contributed by atoms with Gasteiger partial charge in [0.2, 0.25) is 0 Å². The summed E-state index contributed by atoms with van der Waals surface area (Å²) in [6.07, 6.45) is 93.6. The van der Waals surface area contributed by atoms with Gasteiger partial charge in [0.1, 0.15) is 13.2 Å². The summed E-state index contributed by atoms with van der Waals surface area (Å²) in [5, 5.41) is 0. The number of carbonyl (C=O) groups excluding carboxylic acids is 3. The van der Waals surface area contributed by atoms with Crippen molar-refractivity contribution in [3.63, 3.8) is 0 Å². The monoisotopic (exact) mass is 1110 g/mol. The fourth-order valence-corrected chi connectivity index (χ4v) is 9.21. The lowest BCUT2D eigenvalue weighted by atomic mass is 10.0. The Hall–Kier alpha value is -4.19. The van der Waals surface area contributed by atoms with E-state index in [0.29, 0.717) is 19.3 Å². The lowest BCUT2D eigenvalue weighted by Crippen LogP contribution is -2.30. The van der Waals surface area contributed by atoms with Crippen molar-refractivity contribution >= 4 is 17.9 Å². The molecular formula is C74H124O6. The van der Waals surface area contributed by atoms with E-state index in [1.54, 1.807) is 0 Å². The van der Waals surface area contributed by atoms with E-state index in [2.05, 4.69) is 142 Å². The Morgan fingerprint density at radius 2 is 0.487 bits per heavy atom. The number of ether oxygens (including phenoxy) is 3. The average Bonchev–Trinajstić information content (AvgIpc) is 3.46. The molecule has 0 N–H and O–H groups in total. The van der Waals surface area contributed by atoms with Crippen LogP contribution < -0.4 is 0 Å². The maximum absolute atomic E-state index is 12.9. The largest absolute Gasteiger partial charge is 0.462 e. The zero-order chi connectivity index (χ0) is 57.8. The minimum absolute atomic E-state index is 0.0888. The molecule has 0 spiro atoms. The smallest absolute Gasteiger partial charge is 0.306 e. The molecule has 0 fully saturated rings. The third-order valence-electron chi connectivity index (χ3n) is 14.2. The maximum Gasteiger partial charge on any atom is 0.306 e. The molecule has 0 aromatic heterocycles. The highest BCUT2D eigenvalue weighted by Gasteiger charge is 2.19. The number of esters is 3. The van der Waals surface area contributed by atoms with Crippen LogP contribution in [-0.4, -0.2) is 37.2 Å². The van der Waals surface area contributed by atoms with Gasteiger partial charge in [-0.2, -0.15) is 0 Å². The molecule has 0 aromatic rings. The second-order valence-corrected chi connectivity index (χ2v) is 22.0. The van der Waals surface area contributed by atoms with Crippen LogP contribution in [0.4, 0.5) is 0 Å². The molecule has 0 aliphatic carbocycles. The Morgan fingerprint density at radius 3 is 0.762 bits per heavy atom. The van der Waals surface area contributed by atoms with E-state index >= 15 is 0 Å². The molecule has 1 unspecified atom stereocenters. The Bertz CT molecular complexity index is 1650. The standard InChI is InChI=1S/C74H124O6/c1-4-7-10-13-16-19-22-25-28-30-32-33-34-35-36-37-38-39-40-41-43-44-46-49-52-55-58-61-64-67-73(76)79-70-71(69-78-72(75)66-63-60-57-54-51-48-27-24-21-18-15-12-9-6-3)80-74(77)68-65-62-59-56-53-50-47-45-42-31-29-26-23-20-17-14-11-8-5-2/h7-8,10-11,15-20,24-29,32-33,42,45,71H,4-6,9,12-14,21-23,30-31,34-41,43-44,46-70H2,1-3H3/b10-7-,11-8-,18-15-,19-16-,20-17-,27-24-,28-25-,29-26-,33-32-,45-42-. The Morgan fingerprint density at radius 1 is 0.263 bits per heavy atom. The fraction of sp³-hybridized carbons (Fsp3) is 0.689. The van der Waals surface area contributed by atoms with E-state index < -0.39 is 6.10 Å². The molecule has 0 aromatic carbocycles. The third-order valence-corrected chi connectivity index (χ3v) is 14.2. The van der Waals surface area contributed by atoms with Crippen molar-refractivity contribution in [2.24, 2.45) is 0 Å². The highest BCUT2D eigenvalue weighted by Crippen LogP contribution is 2.16. The molecule has 1 atom stereocenters. The second kappa shape index (κ2) is 67.3. The van der Waals surface area contributed by atoms with Gasteiger partial charge in [-0.15, -0.1) is 0 Å². The van der Waals surface area contributed by atoms with Crippen LogP contribution in [0, 0.1) is 0 Å². The van der Waals surface area contributed by atoms with E-state index in [-0.39, 0.29) is 31.1 Å². The molecule has 0 amide bonds. The van der Waals surface area contributed by atoms with Gasteiger partial charge in [0, 0.05) is 19.3 Å². The molecule has 80 heavy (non-hydrogen) atoms. The van der Waals surface area contributed by atoms with Gasteiger partial charge in [-0.3, -0.25) is 14.4 Å². The van der Waals surface area contributed by atoms with E-state index in [4.69, 9.17) is 14.2 Å². The van der Waals surface area contributed by atoms with Crippen molar-refractivity contribution in [2.45, 2.75) is 316 Å². The van der Waals surface area contributed by atoms with E-state index in [1.807, 2.05) is 0 Å². The minimum atomic E-state index is -0.795. The molecule has 6 nitrogen and oxygen atoms in total. The predicted octanol–water partition coefficient (Wildman–Crippen LogP) is 23.2. The zero-order valence-corrected chi connectivity index (χ0v) is 52.3. The summed E-state index contributed by atoms with van der Waals surface area (Å²) in [6.45, 7) is 6.37. The lowest BCUT2D eigenvalue weighted by Gasteiger charge is -2.18. The summed E-state index contributed by atoms with van der Waals surface area (Å²) in [5.41, 5.74) is 0. The molecule has 0 bridgehead atoms. The van der Waals surface area contributed by atoms with Gasteiger partial charge in [-0.1, -0.05) is 290 Å². The van der Waals surface area contributed by atoms with Crippen LogP contribution in [0.3, 0.4) is 0 Å². The highest BCUT2D eigenvalue weighted by atomic mass is 16.6. The first kappa shape index (κ1) is 75.8. The zero-order valence-electron chi connectivity index (χ0n) is 52.3. The summed E-state index contributed by atoms with van der Waals surface area (Å²) in [5.74, 6) is -0.909. The van der Waals surface area contributed by atoms with Crippen LogP contribution in [-0.2, 0) is 28.6 Å². The summed E-state index contributed by atoms with van der Waals surface area (Å²) in [6, 6.07) is 0. The third kappa shape index (κ3) is 64.6. The van der Waals surface area contributed by atoms with Crippen LogP contribution in [0.25, 0.3) is 0 Å². The number of hydrogen-bond donors (Lipinski definition) is 0. The van der Waals surface area contributed by atoms with E-state index in [9.17, 15) is 14.4 Å². The van der Waals surface area contributed by atoms with Gasteiger partial charge in [0.25, 0.3) is 0 Å². The van der Waals surface area contributed by atoms with Crippen molar-refractivity contribution < 1.29 is 28.6 Å². The van der Waals surface area contributed by atoms with Crippen molar-refractivity contribution in [3.8, 4) is 0 Å². The van der Waals surface area contributed by atoms with Gasteiger partial charge in [0.15, 0.2) is 6.10 Å². The summed E-state index contributed by atoms with van der Waals surface area (Å²) >= 11 is 0. The topological polar surface area (TPSA) is 78.9 Å². The molecule has 6 heteroatoms. The average molecular weight is 1110 g/mol. The van der Waals surface area contributed by atoms with Crippen LogP contribution in [0.15, 0.2) is 122 Å². The maximum atomic E-state index is 12.9. The van der Waals surface area contributed by atoms with Gasteiger partial charge in [-0.05, 0) is 122 Å². The van der Waals surface area contributed by atoms with Gasteiger partial charge >= 0.3 is 17.9 Å². The van der Waals surface area contributed by atoms with Crippen LogP contribution >= 0.6 is 0 Å². The molecule has 0 saturated heterocycles. The second-order valence-electron chi connectivity index (χ2n) is 22.0. The first-order valence-corrected chi connectivity index (χ1v) is 33.5. The minimum Gasteiger partial charge on any atom is -0.462 e. The molecule has 0 heterocycles. The molecule has 0 aliphatic rings. The van der Waals surface area contributed by atoms with Gasteiger partial charge in [0.05, 0.1) is 0 Å². The molecular weight excluding hydrogens is 985 g/mol. The molecule has 456 valence electrons.